The van der Waals surface area contributed by atoms with Crippen LogP contribution >= 0.6 is 0 Å². The first-order valence-electron chi connectivity index (χ1n) is 5.04. The minimum atomic E-state index is 0.664. The van der Waals surface area contributed by atoms with Crippen LogP contribution in [0.3, 0.4) is 0 Å². The largest absolute Gasteiger partial charge is 0.0788 e. The second-order valence-corrected chi connectivity index (χ2v) is 3.87. The van der Waals surface area contributed by atoms with E-state index in [2.05, 4.69) is 39.8 Å². The molecule has 0 aliphatic heterocycles. The van der Waals surface area contributed by atoms with Crippen LogP contribution in [-0.4, -0.2) is 0 Å². The molecule has 0 aliphatic rings. The molecule has 0 nitrogen and oxygen atoms in total. The lowest BCUT2D eigenvalue weighted by Gasteiger charge is -2.05. The predicted molar refractivity (Wildman–Crippen MR) is 61.2 cm³/mol. The van der Waals surface area contributed by atoms with Crippen LogP contribution < -0.4 is 0 Å². The molecule has 1 atom stereocenters. The number of unbranched alkanes of at least 4 members (excludes halogenated alkanes) is 1. The quantitative estimate of drug-likeness (QED) is 0.549. The third-order valence-corrected chi connectivity index (χ3v) is 1.93. The van der Waals surface area contributed by atoms with E-state index in [1.54, 1.807) is 0 Å². The molecule has 0 N–H and O–H groups in total. The fourth-order valence-electron chi connectivity index (χ4n) is 1.44. The molecule has 0 spiro atoms. The summed E-state index contributed by atoms with van der Waals surface area (Å²) in [5.41, 5.74) is 2.45. The normalized spacial score (nSPS) is 16.1. The Balaban J connectivity index is 3.98. The van der Waals surface area contributed by atoms with Crippen LogP contribution in [0.15, 0.2) is 23.3 Å². The van der Waals surface area contributed by atoms with E-state index in [0.29, 0.717) is 5.92 Å². The van der Waals surface area contributed by atoms with Gasteiger partial charge in [0.2, 0.25) is 0 Å². The molecule has 74 valence electrons. The van der Waals surface area contributed by atoms with Crippen molar-refractivity contribution in [1.29, 1.82) is 0 Å². The van der Waals surface area contributed by atoms with Gasteiger partial charge in [0.05, 0.1) is 0 Å². The highest BCUT2D eigenvalue weighted by atomic mass is 14.0. The van der Waals surface area contributed by atoms with Crippen LogP contribution in [0.25, 0.3) is 0 Å². The SMILES string of the molecule is [CH2]CCCC(C)C=C(C)C=C([CH2])C. The standard InChI is InChI=1S/C13H22/c1-6-7-8-12(4)10-13(5)9-11(2)3/h9-10,12H,1-2,6-8H2,3-5H3. The van der Waals surface area contributed by atoms with Crippen molar-refractivity contribution in [2.45, 2.75) is 40.0 Å². The Labute approximate surface area is 83.7 Å². The average molecular weight is 178 g/mol. The van der Waals surface area contributed by atoms with Gasteiger partial charge in [0.1, 0.15) is 0 Å². The third kappa shape index (κ3) is 7.83. The lowest BCUT2D eigenvalue weighted by atomic mass is 10.0. The Morgan fingerprint density at radius 1 is 1.38 bits per heavy atom. The molecule has 2 radical (unpaired) electrons. The molecule has 0 aromatic heterocycles. The van der Waals surface area contributed by atoms with Crippen LogP contribution in [0.5, 0.6) is 0 Å². The maximum absolute atomic E-state index is 3.86. The Hall–Kier alpha value is -0.520. The zero-order chi connectivity index (χ0) is 10.3. The first-order chi connectivity index (χ1) is 6.06. The van der Waals surface area contributed by atoms with Gasteiger partial charge in [0, 0.05) is 0 Å². The van der Waals surface area contributed by atoms with Crippen LogP contribution in [0.2, 0.25) is 0 Å². The minimum Gasteiger partial charge on any atom is -0.0788 e. The highest BCUT2D eigenvalue weighted by molar-refractivity contribution is 5.22. The highest BCUT2D eigenvalue weighted by Gasteiger charge is 1.96. The van der Waals surface area contributed by atoms with Crippen LogP contribution in [0.1, 0.15) is 40.0 Å². The predicted octanol–water partition coefficient (Wildman–Crippen LogP) is 4.35. The maximum atomic E-state index is 3.86. The van der Waals surface area contributed by atoms with Crippen molar-refractivity contribution >= 4 is 0 Å². The van der Waals surface area contributed by atoms with Gasteiger partial charge in [0.25, 0.3) is 0 Å². The van der Waals surface area contributed by atoms with Gasteiger partial charge in [-0.2, -0.15) is 0 Å². The van der Waals surface area contributed by atoms with E-state index in [1.165, 1.54) is 18.4 Å². The molecule has 0 heterocycles. The molecular weight excluding hydrogens is 156 g/mol. The summed E-state index contributed by atoms with van der Waals surface area (Å²) in [5.74, 6) is 0.664. The summed E-state index contributed by atoms with van der Waals surface area (Å²) in [6, 6.07) is 0. The van der Waals surface area contributed by atoms with Gasteiger partial charge in [-0.3, -0.25) is 0 Å². The van der Waals surface area contributed by atoms with Crippen molar-refractivity contribution in [3.05, 3.63) is 37.1 Å². The molecule has 0 aromatic carbocycles. The van der Waals surface area contributed by atoms with Crippen molar-refractivity contribution in [2.24, 2.45) is 5.92 Å². The van der Waals surface area contributed by atoms with Gasteiger partial charge in [-0.25, -0.2) is 0 Å². The Morgan fingerprint density at radius 3 is 2.46 bits per heavy atom. The van der Waals surface area contributed by atoms with Gasteiger partial charge >= 0.3 is 0 Å². The van der Waals surface area contributed by atoms with E-state index in [0.717, 1.165) is 12.0 Å². The molecular formula is C13H22. The monoisotopic (exact) mass is 178 g/mol. The molecule has 0 saturated carbocycles. The summed E-state index contributed by atoms with van der Waals surface area (Å²) in [6.45, 7) is 14.1. The van der Waals surface area contributed by atoms with E-state index >= 15 is 0 Å². The molecule has 0 fully saturated rings. The van der Waals surface area contributed by atoms with Crippen molar-refractivity contribution in [3.63, 3.8) is 0 Å². The lowest BCUT2D eigenvalue weighted by Crippen LogP contribution is -1.90. The van der Waals surface area contributed by atoms with Crippen molar-refractivity contribution in [2.75, 3.05) is 0 Å². The van der Waals surface area contributed by atoms with Gasteiger partial charge in [0.15, 0.2) is 0 Å². The fourth-order valence-corrected chi connectivity index (χ4v) is 1.44. The maximum Gasteiger partial charge on any atom is -0.0256 e. The summed E-state index contributed by atoms with van der Waals surface area (Å²) >= 11 is 0. The number of hydrogen-bond donors (Lipinski definition) is 0. The molecule has 0 bridgehead atoms. The van der Waals surface area contributed by atoms with E-state index < -0.39 is 0 Å². The average Bonchev–Trinajstić information content (AvgIpc) is 1.98. The van der Waals surface area contributed by atoms with Crippen LogP contribution in [0.4, 0.5) is 0 Å². The van der Waals surface area contributed by atoms with Gasteiger partial charge in [-0.05, 0) is 33.1 Å². The minimum absolute atomic E-state index is 0.664. The molecule has 0 aliphatic carbocycles. The number of hydrogen-bond acceptors (Lipinski definition) is 0. The van der Waals surface area contributed by atoms with E-state index in [1.807, 2.05) is 6.92 Å². The molecule has 0 rings (SSSR count). The summed E-state index contributed by atoms with van der Waals surface area (Å²) in [4.78, 5) is 0. The zero-order valence-corrected chi connectivity index (χ0v) is 9.27. The third-order valence-electron chi connectivity index (χ3n) is 1.93. The van der Waals surface area contributed by atoms with Crippen molar-refractivity contribution in [3.8, 4) is 0 Å². The van der Waals surface area contributed by atoms with Gasteiger partial charge < -0.3 is 0 Å². The first-order valence-corrected chi connectivity index (χ1v) is 5.04. The topological polar surface area (TPSA) is 0 Å². The summed E-state index contributed by atoms with van der Waals surface area (Å²) in [6.07, 6.45) is 7.94. The Bertz CT molecular complexity index is 180. The molecule has 0 heteroatoms. The molecule has 0 aromatic rings. The smallest absolute Gasteiger partial charge is 0.0256 e. The molecule has 1 unspecified atom stereocenters. The second kappa shape index (κ2) is 6.94. The van der Waals surface area contributed by atoms with E-state index in [9.17, 15) is 0 Å². The molecule has 0 saturated heterocycles. The van der Waals surface area contributed by atoms with Crippen molar-refractivity contribution < 1.29 is 0 Å². The zero-order valence-electron chi connectivity index (χ0n) is 9.27. The second-order valence-electron chi connectivity index (χ2n) is 3.87. The number of rotatable bonds is 5. The molecule has 0 amide bonds. The van der Waals surface area contributed by atoms with E-state index in [-0.39, 0.29) is 0 Å². The lowest BCUT2D eigenvalue weighted by molar-refractivity contribution is 0.609. The Kier molecular flexibility index (Phi) is 6.66. The fraction of sp³-hybridized carbons (Fsp3) is 0.538. The van der Waals surface area contributed by atoms with Crippen molar-refractivity contribution in [1.82, 2.24) is 0 Å². The summed E-state index contributed by atoms with van der Waals surface area (Å²) in [5, 5.41) is 0. The van der Waals surface area contributed by atoms with Gasteiger partial charge in [-0.1, -0.05) is 50.0 Å². The van der Waals surface area contributed by atoms with Crippen LogP contribution in [0, 0.1) is 19.8 Å². The summed E-state index contributed by atoms with van der Waals surface area (Å²) in [7, 11) is 0. The van der Waals surface area contributed by atoms with Gasteiger partial charge in [-0.15, -0.1) is 0 Å². The Morgan fingerprint density at radius 2 is 2.00 bits per heavy atom. The van der Waals surface area contributed by atoms with E-state index in [4.69, 9.17) is 0 Å². The van der Waals surface area contributed by atoms with Crippen LogP contribution in [-0.2, 0) is 0 Å². The first kappa shape index (κ1) is 12.5. The molecule has 13 heavy (non-hydrogen) atoms. The highest BCUT2D eigenvalue weighted by Crippen LogP contribution is 2.12. The number of allylic oxidation sites excluding steroid dienone is 4. The summed E-state index contributed by atoms with van der Waals surface area (Å²) < 4.78 is 0.